The van der Waals surface area contributed by atoms with Crippen LogP contribution in [0, 0.1) is 13.8 Å². The second-order valence-electron chi connectivity index (χ2n) is 2.07. The van der Waals surface area contributed by atoms with Gasteiger partial charge >= 0.3 is 0 Å². The van der Waals surface area contributed by atoms with Crippen LogP contribution < -0.4 is 5.73 Å². The summed E-state index contributed by atoms with van der Waals surface area (Å²) in [6.45, 7) is 3.68. The first kappa shape index (κ1) is 7.47. The fraction of sp³-hybridized carbons (Fsp3) is 0.333. The van der Waals surface area contributed by atoms with Gasteiger partial charge in [0.05, 0.1) is 11.4 Å². The van der Waals surface area contributed by atoms with Gasteiger partial charge in [-0.15, -0.1) is 0 Å². The maximum Gasteiger partial charge on any atom is 0.145 e. The maximum absolute atomic E-state index is 5.50. The predicted molar refractivity (Wildman–Crippen MR) is 43.6 cm³/mol. The summed E-state index contributed by atoms with van der Waals surface area (Å²) in [5.74, 6) is 0.501. The Labute approximate surface area is 67.8 Å². The Morgan fingerprint density at radius 3 is 2.30 bits per heavy atom. The van der Waals surface area contributed by atoms with Crippen molar-refractivity contribution in [3.63, 3.8) is 0 Å². The van der Waals surface area contributed by atoms with Crippen LogP contribution in [0.1, 0.15) is 11.4 Å². The molecule has 10 heavy (non-hydrogen) atoms. The van der Waals surface area contributed by atoms with Gasteiger partial charge in [0, 0.05) is 0 Å². The van der Waals surface area contributed by atoms with Crippen LogP contribution in [-0.2, 0) is 0 Å². The molecule has 0 aliphatic heterocycles. The normalized spacial score (nSPS) is 9.90. The van der Waals surface area contributed by atoms with Crippen LogP contribution in [0.25, 0.3) is 0 Å². The van der Waals surface area contributed by atoms with Gasteiger partial charge in [-0.3, -0.25) is 0 Å². The fourth-order valence-corrected chi connectivity index (χ4v) is 0.948. The lowest BCUT2D eigenvalue weighted by molar-refractivity contribution is 1.04. The molecule has 1 aromatic heterocycles. The number of nitrogen functional groups attached to an aromatic ring is 1. The van der Waals surface area contributed by atoms with Crippen LogP contribution in [0.3, 0.4) is 0 Å². The van der Waals surface area contributed by atoms with Crippen molar-refractivity contribution in [2.24, 2.45) is 0 Å². The summed E-state index contributed by atoms with van der Waals surface area (Å²) in [6, 6.07) is 0. The van der Waals surface area contributed by atoms with Gasteiger partial charge < -0.3 is 5.73 Å². The molecule has 1 aromatic rings. The average molecular weight is 202 g/mol. The molecule has 3 nitrogen and oxygen atoms in total. The topological polar surface area (TPSA) is 51.8 Å². The smallest absolute Gasteiger partial charge is 0.145 e. The third-order valence-corrected chi connectivity index (χ3v) is 1.97. The minimum absolute atomic E-state index is 0.501. The molecule has 0 radical (unpaired) electrons. The molecule has 0 bridgehead atoms. The highest BCUT2D eigenvalue weighted by atomic mass is 79.9. The lowest BCUT2D eigenvalue weighted by Gasteiger charge is -2.00. The molecule has 0 unspecified atom stereocenters. The molecule has 54 valence electrons. The van der Waals surface area contributed by atoms with E-state index in [-0.39, 0.29) is 0 Å². The Hall–Kier alpha value is -0.640. The fourth-order valence-electron chi connectivity index (χ4n) is 0.593. The van der Waals surface area contributed by atoms with E-state index in [0.717, 1.165) is 16.0 Å². The summed E-state index contributed by atoms with van der Waals surface area (Å²) in [6.07, 6.45) is 0. The van der Waals surface area contributed by atoms with Crippen LogP contribution in [0.5, 0.6) is 0 Å². The third kappa shape index (κ3) is 1.26. The van der Waals surface area contributed by atoms with E-state index >= 15 is 0 Å². The number of aryl methyl sites for hydroxylation is 2. The standard InChI is InChI=1S/C6H8BrN3/c1-3-5(7)9-4(2)6(8)10-3/h1-2H3,(H2,8,10). The lowest BCUT2D eigenvalue weighted by Crippen LogP contribution is -1.99. The molecule has 0 amide bonds. The first-order chi connectivity index (χ1) is 4.61. The van der Waals surface area contributed by atoms with Crippen molar-refractivity contribution in [2.45, 2.75) is 13.8 Å². The van der Waals surface area contributed by atoms with E-state index in [1.165, 1.54) is 0 Å². The van der Waals surface area contributed by atoms with Gasteiger partial charge in [0.25, 0.3) is 0 Å². The van der Waals surface area contributed by atoms with Gasteiger partial charge in [-0.1, -0.05) is 0 Å². The summed E-state index contributed by atoms with van der Waals surface area (Å²) < 4.78 is 0.763. The van der Waals surface area contributed by atoms with Crippen molar-refractivity contribution < 1.29 is 0 Å². The van der Waals surface area contributed by atoms with Crippen molar-refractivity contribution in [1.82, 2.24) is 9.97 Å². The molecule has 0 spiro atoms. The molecule has 2 N–H and O–H groups in total. The van der Waals surface area contributed by atoms with Crippen LogP contribution in [0.2, 0.25) is 0 Å². The zero-order valence-corrected chi connectivity index (χ0v) is 7.44. The van der Waals surface area contributed by atoms with Crippen LogP contribution >= 0.6 is 15.9 Å². The molecule has 0 aromatic carbocycles. The highest BCUT2D eigenvalue weighted by Gasteiger charge is 2.00. The molecular weight excluding hydrogens is 194 g/mol. The van der Waals surface area contributed by atoms with Crippen LogP contribution in [0.4, 0.5) is 5.82 Å². The van der Waals surface area contributed by atoms with Crippen molar-refractivity contribution in [2.75, 3.05) is 5.73 Å². The summed E-state index contributed by atoms with van der Waals surface area (Å²) >= 11 is 3.25. The van der Waals surface area contributed by atoms with Crippen molar-refractivity contribution in [3.05, 3.63) is 16.0 Å². The first-order valence-electron chi connectivity index (χ1n) is 2.87. The van der Waals surface area contributed by atoms with E-state index in [2.05, 4.69) is 25.9 Å². The molecule has 0 saturated carbocycles. The summed E-state index contributed by atoms with van der Waals surface area (Å²) in [4.78, 5) is 8.14. The van der Waals surface area contributed by atoms with Gasteiger partial charge in [0.2, 0.25) is 0 Å². The molecule has 0 aliphatic carbocycles. The van der Waals surface area contributed by atoms with Crippen molar-refractivity contribution in [3.8, 4) is 0 Å². The zero-order chi connectivity index (χ0) is 7.72. The lowest BCUT2D eigenvalue weighted by atomic mass is 10.4. The van der Waals surface area contributed by atoms with E-state index in [9.17, 15) is 0 Å². The van der Waals surface area contributed by atoms with E-state index < -0.39 is 0 Å². The van der Waals surface area contributed by atoms with E-state index in [4.69, 9.17) is 5.73 Å². The number of hydrogen-bond donors (Lipinski definition) is 1. The van der Waals surface area contributed by atoms with Gasteiger partial charge in [0.15, 0.2) is 0 Å². The molecule has 0 fully saturated rings. The van der Waals surface area contributed by atoms with E-state index in [1.807, 2.05) is 13.8 Å². The number of anilines is 1. The summed E-state index contributed by atoms with van der Waals surface area (Å²) in [5, 5.41) is 0. The maximum atomic E-state index is 5.50. The molecule has 1 rings (SSSR count). The Morgan fingerprint density at radius 1 is 1.20 bits per heavy atom. The number of nitrogens with zero attached hydrogens (tertiary/aromatic N) is 2. The van der Waals surface area contributed by atoms with Gasteiger partial charge in [-0.2, -0.15) is 0 Å². The Kier molecular flexibility index (Phi) is 1.89. The van der Waals surface area contributed by atoms with E-state index in [1.54, 1.807) is 0 Å². The molecule has 0 atom stereocenters. The Bertz CT molecular complexity index is 209. The molecular formula is C6H8BrN3. The number of hydrogen-bond acceptors (Lipinski definition) is 3. The molecule has 1 heterocycles. The summed E-state index contributed by atoms with van der Waals surface area (Å²) in [7, 11) is 0. The minimum atomic E-state index is 0.501. The SMILES string of the molecule is Cc1nc(Br)c(C)nc1N. The minimum Gasteiger partial charge on any atom is -0.382 e. The first-order valence-corrected chi connectivity index (χ1v) is 3.67. The van der Waals surface area contributed by atoms with E-state index in [0.29, 0.717) is 5.82 Å². The van der Waals surface area contributed by atoms with Crippen LogP contribution in [-0.4, -0.2) is 9.97 Å². The number of halogens is 1. The third-order valence-electron chi connectivity index (χ3n) is 1.22. The quantitative estimate of drug-likeness (QED) is 0.692. The largest absolute Gasteiger partial charge is 0.382 e. The van der Waals surface area contributed by atoms with Crippen molar-refractivity contribution >= 4 is 21.7 Å². The Balaban J connectivity index is 3.28. The molecule has 0 aliphatic rings. The average Bonchev–Trinajstić information content (AvgIpc) is 1.84. The highest BCUT2D eigenvalue weighted by molar-refractivity contribution is 9.10. The molecule has 4 heteroatoms. The zero-order valence-electron chi connectivity index (χ0n) is 5.85. The van der Waals surface area contributed by atoms with Gasteiger partial charge in [-0.05, 0) is 29.8 Å². The predicted octanol–water partition coefficient (Wildman–Crippen LogP) is 1.44. The highest BCUT2D eigenvalue weighted by Crippen LogP contribution is 2.13. The Morgan fingerprint density at radius 2 is 1.80 bits per heavy atom. The number of aromatic nitrogens is 2. The monoisotopic (exact) mass is 201 g/mol. The van der Waals surface area contributed by atoms with Gasteiger partial charge in [-0.25, -0.2) is 9.97 Å². The van der Waals surface area contributed by atoms with Crippen molar-refractivity contribution in [1.29, 1.82) is 0 Å². The second kappa shape index (κ2) is 2.54. The van der Waals surface area contributed by atoms with Gasteiger partial charge in [0.1, 0.15) is 10.4 Å². The van der Waals surface area contributed by atoms with Crippen LogP contribution in [0.15, 0.2) is 4.60 Å². The molecule has 0 saturated heterocycles. The second-order valence-corrected chi connectivity index (χ2v) is 2.82. The summed E-state index contributed by atoms with van der Waals surface area (Å²) in [5.41, 5.74) is 7.08. The number of nitrogens with two attached hydrogens (primary N) is 1. The number of rotatable bonds is 0.